The van der Waals surface area contributed by atoms with Crippen molar-refractivity contribution in [1.82, 2.24) is 10.2 Å². The van der Waals surface area contributed by atoms with Gasteiger partial charge in [0.1, 0.15) is 0 Å². The summed E-state index contributed by atoms with van der Waals surface area (Å²) in [6, 6.07) is 8.23. The number of methoxy groups -OCH3 is 1. The number of aromatic amines is 1. The van der Waals surface area contributed by atoms with E-state index in [-0.39, 0.29) is 0 Å². The minimum absolute atomic E-state index is 0.601. The van der Waals surface area contributed by atoms with Crippen molar-refractivity contribution in [2.45, 2.75) is 20.1 Å². The van der Waals surface area contributed by atoms with E-state index in [1.807, 2.05) is 25.3 Å². The van der Waals surface area contributed by atoms with E-state index in [4.69, 9.17) is 9.47 Å². The van der Waals surface area contributed by atoms with Crippen LogP contribution in [0.3, 0.4) is 0 Å². The molecular weight excluding hydrogens is 254 g/mol. The maximum atomic E-state index is 5.52. The Balaban J connectivity index is 1.84. The Kier molecular flexibility index (Phi) is 5.58. The number of rotatable bonds is 8. The van der Waals surface area contributed by atoms with E-state index in [2.05, 4.69) is 27.6 Å². The fraction of sp³-hybridized carbons (Fsp3) is 0.400. The van der Waals surface area contributed by atoms with Crippen LogP contribution in [0, 0.1) is 6.92 Å². The highest BCUT2D eigenvalue weighted by molar-refractivity contribution is 5.46. The number of hydrogen-bond acceptors (Lipinski definition) is 4. The first-order valence-corrected chi connectivity index (χ1v) is 6.68. The first kappa shape index (κ1) is 14.6. The van der Waals surface area contributed by atoms with E-state index < -0.39 is 0 Å². The van der Waals surface area contributed by atoms with Crippen molar-refractivity contribution in [1.29, 1.82) is 0 Å². The highest BCUT2D eigenvalue weighted by Gasteiger charge is 2.01. The Labute approximate surface area is 119 Å². The maximum absolute atomic E-state index is 5.52. The third-order valence-electron chi connectivity index (χ3n) is 3.04. The Morgan fingerprint density at radius 1 is 1.30 bits per heavy atom. The SMILES string of the molecule is COCCOCc1cccc(NCc2cn[nH]c2C)c1. The predicted octanol–water partition coefficient (Wildman–Crippen LogP) is 2.49. The third-order valence-corrected chi connectivity index (χ3v) is 3.04. The van der Waals surface area contributed by atoms with Gasteiger partial charge in [-0.25, -0.2) is 0 Å². The Morgan fingerprint density at radius 3 is 2.95 bits per heavy atom. The zero-order valence-electron chi connectivity index (χ0n) is 12.0. The molecule has 0 radical (unpaired) electrons. The summed E-state index contributed by atoms with van der Waals surface area (Å²) in [7, 11) is 1.67. The number of aromatic nitrogens is 2. The molecule has 0 spiro atoms. The van der Waals surface area contributed by atoms with Crippen LogP contribution in [0.2, 0.25) is 0 Å². The average molecular weight is 275 g/mol. The van der Waals surface area contributed by atoms with Crippen LogP contribution in [-0.2, 0) is 22.6 Å². The summed E-state index contributed by atoms with van der Waals surface area (Å²) in [5, 5.41) is 10.3. The van der Waals surface area contributed by atoms with E-state index in [9.17, 15) is 0 Å². The summed E-state index contributed by atoms with van der Waals surface area (Å²) in [4.78, 5) is 0. The molecular formula is C15H21N3O2. The van der Waals surface area contributed by atoms with Crippen LogP contribution in [0.4, 0.5) is 5.69 Å². The van der Waals surface area contributed by atoms with Crippen LogP contribution in [0.15, 0.2) is 30.5 Å². The fourth-order valence-electron chi connectivity index (χ4n) is 1.85. The number of H-pyrrole nitrogens is 1. The van der Waals surface area contributed by atoms with Gasteiger partial charge in [0, 0.05) is 30.6 Å². The molecule has 0 bridgehead atoms. The van der Waals surface area contributed by atoms with Crippen molar-refractivity contribution in [2.75, 3.05) is 25.6 Å². The lowest BCUT2D eigenvalue weighted by Gasteiger charge is -2.08. The molecule has 5 heteroatoms. The van der Waals surface area contributed by atoms with E-state index in [1.165, 1.54) is 5.56 Å². The second-order valence-electron chi connectivity index (χ2n) is 4.62. The van der Waals surface area contributed by atoms with Crippen LogP contribution in [0.25, 0.3) is 0 Å². The number of hydrogen-bond donors (Lipinski definition) is 2. The predicted molar refractivity (Wildman–Crippen MR) is 78.6 cm³/mol. The van der Waals surface area contributed by atoms with Gasteiger partial charge in [0.2, 0.25) is 0 Å². The summed E-state index contributed by atoms with van der Waals surface area (Å²) in [5.41, 5.74) is 4.50. The van der Waals surface area contributed by atoms with E-state index in [0.717, 1.165) is 23.5 Å². The van der Waals surface area contributed by atoms with Crippen molar-refractivity contribution >= 4 is 5.69 Å². The molecule has 0 saturated carbocycles. The highest BCUT2D eigenvalue weighted by atomic mass is 16.5. The minimum Gasteiger partial charge on any atom is -0.382 e. The number of nitrogens with one attached hydrogen (secondary N) is 2. The van der Waals surface area contributed by atoms with Gasteiger partial charge < -0.3 is 14.8 Å². The molecule has 0 aliphatic carbocycles. The van der Waals surface area contributed by atoms with Gasteiger partial charge in [0.15, 0.2) is 0 Å². The van der Waals surface area contributed by atoms with Crippen LogP contribution in [0.1, 0.15) is 16.8 Å². The normalized spacial score (nSPS) is 10.7. The van der Waals surface area contributed by atoms with E-state index in [0.29, 0.717) is 19.8 Å². The molecule has 1 aromatic heterocycles. The molecule has 0 aliphatic rings. The molecule has 0 fully saturated rings. The highest BCUT2D eigenvalue weighted by Crippen LogP contribution is 2.13. The van der Waals surface area contributed by atoms with Gasteiger partial charge in [-0.05, 0) is 24.6 Å². The molecule has 0 atom stereocenters. The first-order valence-electron chi connectivity index (χ1n) is 6.68. The molecule has 1 heterocycles. The smallest absolute Gasteiger partial charge is 0.0718 e. The summed E-state index contributed by atoms with van der Waals surface area (Å²) in [5.74, 6) is 0. The lowest BCUT2D eigenvalue weighted by atomic mass is 10.2. The molecule has 0 aliphatic heterocycles. The quantitative estimate of drug-likeness (QED) is 0.727. The number of nitrogens with zero attached hydrogens (tertiary/aromatic N) is 1. The number of ether oxygens (including phenoxy) is 2. The number of benzene rings is 1. The van der Waals surface area contributed by atoms with Gasteiger partial charge in [-0.2, -0.15) is 5.10 Å². The molecule has 5 nitrogen and oxygen atoms in total. The second kappa shape index (κ2) is 7.67. The second-order valence-corrected chi connectivity index (χ2v) is 4.62. The molecule has 0 unspecified atom stereocenters. The molecule has 1 aromatic carbocycles. The Hall–Kier alpha value is -1.85. The van der Waals surface area contributed by atoms with Gasteiger partial charge in [0.05, 0.1) is 26.0 Å². The number of aryl methyl sites for hydroxylation is 1. The van der Waals surface area contributed by atoms with Crippen molar-refractivity contribution in [3.63, 3.8) is 0 Å². The average Bonchev–Trinajstić information content (AvgIpc) is 2.87. The van der Waals surface area contributed by atoms with Gasteiger partial charge in [-0.15, -0.1) is 0 Å². The van der Waals surface area contributed by atoms with Gasteiger partial charge in [-0.3, -0.25) is 5.10 Å². The van der Waals surface area contributed by atoms with Gasteiger partial charge >= 0.3 is 0 Å². The van der Waals surface area contributed by atoms with Crippen molar-refractivity contribution < 1.29 is 9.47 Å². The molecule has 20 heavy (non-hydrogen) atoms. The van der Waals surface area contributed by atoms with Crippen LogP contribution >= 0.6 is 0 Å². The molecule has 2 rings (SSSR count). The molecule has 2 aromatic rings. The monoisotopic (exact) mass is 275 g/mol. The topological polar surface area (TPSA) is 59.2 Å². The third kappa shape index (κ3) is 4.36. The lowest BCUT2D eigenvalue weighted by Crippen LogP contribution is -2.03. The first-order chi connectivity index (χ1) is 9.79. The Morgan fingerprint density at radius 2 is 2.20 bits per heavy atom. The fourth-order valence-corrected chi connectivity index (χ4v) is 1.85. The Bertz CT molecular complexity index is 525. The number of anilines is 1. The molecule has 108 valence electrons. The zero-order chi connectivity index (χ0) is 14.2. The molecule has 0 saturated heterocycles. The van der Waals surface area contributed by atoms with Crippen molar-refractivity contribution in [3.8, 4) is 0 Å². The maximum Gasteiger partial charge on any atom is 0.0718 e. The standard InChI is InChI=1S/C15H21N3O2/c1-12-14(10-17-18-12)9-16-15-5-3-4-13(8-15)11-20-7-6-19-2/h3-5,8,10,16H,6-7,9,11H2,1-2H3,(H,17,18). The van der Waals surface area contributed by atoms with E-state index in [1.54, 1.807) is 7.11 Å². The molecule has 2 N–H and O–H groups in total. The summed E-state index contributed by atoms with van der Waals surface area (Å²) in [6.45, 7) is 4.62. The summed E-state index contributed by atoms with van der Waals surface area (Å²) < 4.78 is 10.5. The van der Waals surface area contributed by atoms with Crippen LogP contribution in [-0.4, -0.2) is 30.5 Å². The van der Waals surface area contributed by atoms with E-state index >= 15 is 0 Å². The van der Waals surface area contributed by atoms with Crippen molar-refractivity contribution in [2.24, 2.45) is 0 Å². The van der Waals surface area contributed by atoms with Crippen LogP contribution < -0.4 is 5.32 Å². The van der Waals surface area contributed by atoms with Crippen LogP contribution in [0.5, 0.6) is 0 Å². The van der Waals surface area contributed by atoms with Gasteiger partial charge in [-0.1, -0.05) is 12.1 Å². The lowest BCUT2D eigenvalue weighted by molar-refractivity contribution is 0.0617. The largest absolute Gasteiger partial charge is 0.382 e. The summed E-state index contributed by atoms with van der Waals surface area (Å²) >= 11 is 0. The van der Waals surface area contributed by atoms with Crippen molar-refractivity contribution in [3.05, 3.63) is 47.3 Å². The molecule has 0 amide bonds. The van der Waals surface area contributed by atoms with Gasteiger partial charge in [0.25, 0.3) is 0 Å². The summed E-state index contributed by atoms with van der Waals surface area (Å²) in [6.07, 6.45) is 1.85. The minimum atomic E-state index is 0.601. The zero-order valence-corrected chi connectivity index (χ0v) is 12.0.